The normalized spacial score (nSPS) is 15.7. The van der Waals surface area contributed by atoms with E-state index in [0.29, 0.717) is 24.8 Å². The third-order valence-electron chi connectivity index (χ3n) is 2.78. The van der Waals surface area contributed by atoms with Crippen LogP contribution in [0.2, 0.25) is 5.15 Å². The molecule has 1 aliphatic heterocycles. The van der Waals surface area contributed by atoms with Crippen molar-refractivity contribution >= 4 is 23.4 Å². The Balaban J connectivity index is 1.92. The fraction of sp³-hybridized carbons (Fsp3) is 0.545. The molecule has 1 aromatic heterocycles. The molecule has 1 aromatic rings. The van der Waals surface area contributed by atoms with Crippen LogP contribution in [-0.4, -0.2) is 54.0 Å². The van der Waals surface area contributed by atoms with E-state index in [1.807, 2.05) is 0 Å². The smallest absolute Gasteiger partial charge is 0.409 e. The van der Waals surface area contributed by atoms with Crippen LogP contribution in [0.3, 0.4) is 0 Å². The van der Waals surface area contributed by atoms with Gasteiger partial charge in [0.2, 0.25) is 0 Å². The van der Waals surface area contributed by atoms with E-state index >= 15 is 0 Å². The average molecular weight is 271 g/mol. The van der Waals surface area contributed by atoms with Crippen LogP contribution < -0.4 is 4.90 Å². The quantitative estimate of drug-likeness (QED) is 0.813. The third kappa shape index (κ3) is 3.01. The maximum atomic E-state index is 11.5. The minimum atomic E-state index is -0.247. The topological polar surface area (TPSA) is 58.6 Å². The number of piperazine rings is 1. The molecule has 0 bridgehead atoms. The molecule has 0 unspecified atom stereocenters. The van der Waals surface area contributed by atoms with Gasteiger partial charge in [0.15, 0.2) is 5.15 Å². The van der Waals surface area contributed by atoms with Crippen molar-refractivity contribution in [3.05, 3.63) is 17.4 Å². The van der Waals surface area contributed by atoms with E-state index in [-0.39, 0.29) is 6.09 Å². The fourth-order valence-corrected chi connectivity index (χ4v) is 2.02. The Morgan fingerprint density at radius 2 is 2.17 bits per heavy atom. The number of aromatic nitrogens is 2. The van der Waals surface area contributed by atoms with Crippen LogP contribution in [0.5, 0.6) is 0 Å². The molecule has 0 radical (unpaired) electrons. The zero-order valence-electron chi connectivity index (χ0n) is 10.2. The lowest BCUT2D eigenvalue weighted by atomic mass is 10.3. The molecule has 7 heteroatoms. The summed E-state index contributed by atoms with van der Waals surface area (Å²) in [7, 11) is 0. The molecule has 0 atom stereocenters. The third-order valence-corrected chi connectivity index (χ3v) is 2.97. The summed E-state index contributed by atoms with van der Waals surface area (Å²) in [5, 5.41) is 7.90. The predicted octanol–water partition coefficient (Wildman–Crippen LogP) is 1.41. The lowest BCUT2D eigenvalue weighted by Gasteiger charge is -2.35. The summed E-state index contributed by atoms with van der Waals surface area (Å²) in [4.78, 5) is 15.4. The predicted molar refractivity (Wildman–Crippen MR) is 67.9 cm³/mol. The van der Waals surface area contributed by atoms with Crippen LogP contribution in [-0.2, 0) is 4.74 Å². The summed E-state index contributed by atoms with van der Waals surface area (Å²) in [6, 6.07) is 1.77. The minimum Gasteiger partial charge on any atom is -0.450 e. The lowest BCUT2D eigenvalue weighted by molar-refractivity contribution is 0.105. The van der Waals surface area contributed by atoms with Crippen LogP contribution in [0.4, 0.5) is 10.5 Å². The van der Waals surface area contributed by atoms with Crippen LogP contribution in [0.15, 0.2) is 12.3 Å². The molecule has 2 heterocycles. The SMILES string of the molecule is CCOC(=O)N1CCN(c2cnnc(Cl)c2)CC1. The molecule has 6 nitrogen and oxygen atoms in total. The molecule has 0 aromatic carbocycles. The highest BCUT2D eigenvalue weighted by Crippen LogP contribution is 2.17. The van der Waals surface area contributed by atoms with Gasteiger partial charge in [0, 0.05) is 32.2 Å². The van der Waals surface area contributed by atoms with E-state index in [4.69, 9.17) is 16.3 Å². The van der Waals surface area contributed by atoms with Gasteiger partial charge in [-0.1, -0.05) is 11.6 Å². The molecule has 0 aliphatic carbocycles. The molecule has 1 fully saturated rings. The number of rotatable bonds is 2. The van der Waals surface area contributed by atoms with E-state index in [2.05, 4.69) is 15.1 Å². The van der Waals surface area contributed by atoms with E-state index in [1.165, 1.54) is 0 Å². The Morgan fingerprint density at radius 3 is 2.78 bits per heavy atom. The van der Waals surface area contributed by atoms with E-state index < -0.39 is 0 Å². The first-order chi connectivity index (χ1) is 8.70. The summed E-state index contributed by atoms with van der Waals surface area (Å²) >= 11 is 5.80. The molecule has 1 amide bonds. The zero-order valence-corrected chi connectivity index (χ0v) is 10.9. The number of nitrogens with zero attached hydrogens (tertiary/aromatic N) is 4. The van der Waals surface area contributed by atoms with Gasteiger partial charge >= 0.3 is 6.09 Å². The van der Waals surface area contributed by atoms with Crippen molar-refractivity contribution < 1.29 is 9.53 Å². The number of halogens is 1. The second kappa shape index (κ2) is 5.86. The van der Waals surface area contributed by atoms with Crippen LogP contribution in [0.1, 0.15) is 6.92 Å². The maximum absolute atomic E-state index is 11.5. The molecule has 0 N–H and O–H groups in total. The fourth-order valence-electron chi connectivity index (χ4n) is 1.87. The monoisotopic (exact) mass is 270 g/mol. The van der Waals surface area contributed by atoms with Crippen molar-refractivity contribution in [2.45, 2.75) is 6.92 Å². The summed E-state index contributed by atoms with van der Waals surface area (Å²) < 4.78 is 4.97. The molecular formula is C11H15ClN4O2. The molecule has 2 rings (SSSR count). The molecule has 0 spiro atoms. The van der Waals surface area contributed by atoms with Crippen LogP contribution in [0, 0.1) is 0 Å². The lowest BCUT2D eigenvalue weighted by Crippen LogP contribution is -2.49. The largest absolute Gasteiger partial charge is 0.450 e. The number of carbonyl (C=O) groups is 1. The molecule has 0 saturated carbocycles. The van der Waals surface area contributed by atoms with Gasteiger partial charge < -0.3 is 14.5 Å². The minimum absolute atomic E-state index is 0.247. The Hall–Kier alpha value is -1.56. The first-order valence-electron chi connectivity index (χ1n) is 5.85. The number of ether oxygens (including phenoxy) is 1. The summed E-state index contributed by atoms with van der Waals surface area (Å²) in [6.45, 7) is 4.96. The molecule has 1 aliphatic rings. The second-order valence-corrected chi connectivity index (χ2v) is 4.30. The Kier molecular flexibility index (Phi) is 4.19. The van der Waals surface area contributed by atoms with Gasteiger partial charge in [-0.3, -0.25) is 0 Å². The van der Waals surface area contributed by atoms with E-state index in [0.717, 1.165) is 18.8 Å². The number of anilines is 1. The van der Waals surface area contributed by atoms with Gasteiger partial charge in [-0.15, -0.1) is 5.10 Å². The highest BCUT2D eigenvalue weighted by atomic mass is 35.5. The molecular weight excluding hydrogens is 256 g/mol. The Morgan fingerprint density at radius 1 is 1.44 bits per heavy atom. The number of carbonyl (C=O) groups excluding carboxylic acids is 1. The van der Waals surface area contributed by atoms with Crippen molar-refractivity contribution in [2.75, 3.05) is 37.7 Å². The highest BCUT2D eigenvalue weighted by molar-refractivity contribution is 6.29. The van der Waals surface area contributed by atoms with E-state index in [1.54, 1.807) is 24.1 Å². The van der Waals surface area contributed by atoms with Crippen molar-refractivity contribution in [1.82, 2.24) is 15.1 Å². The molecule has 98 valence electrons. The summed E-state index contributed by atoms with van der Waals surface area (Å²) in [6.07, 6.45) is 1.43. The second-order valence-electron chi connectivity index (χ2n) is 3.91. The van der Waals surface area contributed by atoms with Gasteiger partial charge in [0.25, 0.3) is 0 Å². The van der Waals surface area contributed by atoms with E-state index in [9.17, 15) is 4.79 Å². The van der Waals surface area contributed by atoms with Gasteiger partial charge in [-0.2, -0.15) is 5.10 Å². The molecule has 18 heavy (non-hydrogen) atoms. The first-order valence-corrected chi connectivity index (χ1v) is 6.23. The molecule has 1 saturated heterocycles. The van der Waals surface area contributed by atoms with Gasteiger partial charge in [0.05, 0.1) is 18.5 Å². The standard InChI is InChI=1S/C11H15ClN4O2/c1-2-18-11(17)16-5-3-15(4-6-16)9-7-10(12)14-13-8-9/h7-8H,2-6H2,1H3. The van der Waals surface area contributed by atoms with Gasteiger partial charge in [0.1, 0.15) is 0 Å². The van der Waals surface area contributed by atoms with Crippen molar-refractivity contribution in [3.63, 3.8) is 0 Å². The van der Waals surface area contributed by atoms with Crippen LogP contribution >= 0.6 is 11.6 Å². The summed E-state index contributed by atoms with van der Waals surface area (Å²) in [5.41, 5.74) is 0.929. The first kappa shape index (κ1) is 12.9. The van der Waals surface area contributed by atoms with Crippen molar-refractivity contribution in [3.8, 4) is 0 Å². The van der Waals surface area contributed by atoms with Crippen molar-refractivity contribution in [1.29, 1.82) is 0 Å². The zero-order chi connectivity index (χ0) is 13.0. The Bertz CT molecular complexity index is 421. The van der Waals surface area contributed by atoms with Crippen LogP contribution in [0.25, 0.3) is 0 Å². The average Bonchev–Trinajstić information content (AvgIpc) is 2.39. The number of hydrogen-bond acceptors (Lipinski definition) is 5. The summed E-state index contributed by atoms with van der Waals surface area (Å²) in [5.74, 6) is 0. The number of amides is 1. The highest BCUT2D eigenvalue weighted by Gasteiger charge is 2.22. The number of hydrogen-bond donors (Lipinski definition) is 0. The maximum Gasteiger partial charge on any atom is 0.409 e. The Labute approximate surface area is 110 Å². The van der Waals surface area contributed by atoms with Crippen molar-refractivity contribution in [2.24, 2.45) is 0 Å². The van der Waals surface area contributed by atoms with Gasteiger partial charge in [-0.25, -0.2) is 4.79 Å². The van der Waals surface area contributed by atoms with Gasteiger partial charge in [-0.05, 0) is 6.92 Å².